The van der Waals surface area contributed by atoms with Gasteiger partial charge >= 0.3 is 5.97 Å². The predicted molar refractivity (Wildman–Crippen MR) is 53.2 cm³/mol. The van der Waals surface area contributed by atoms with E-state index in [4.69, 9.17) is 5.11 Å². The molecular weight excluding hydrogens is 198 g/mol. The van der Waals surface area contributed by atoms with Crippen LogP contribution in [0.1, 0.15) is 20.8 Å². The third kappa shape index (κ3) is 2.47. The van der Waals surface area contributed by atoms with Crippen LogP contribution in [0.15, 0.2) is 0 Å². The fourth-order valence-corrected chi connectivity index (χ4v) is 1.65. The fourth-order valence-electron chi connectivity index (χ4n) is 1.65. The van der Waals surface area contributed by atoms with Gasteiger partial charge in [0.05, 0.1) is 24.6 Å². The average molecular weight is 215 g/mol. The van der Waals surface area contributed by atoms with Crippen molar-refractivity contribution in [2.75, 3.05) is 13.1 Å². The Hall–Kier alpha value is -1.10. The molecule has 2 unspecified atom stereocenters. The third-order valence-electron chi connectivity index (χ3n) is 2.90. The molecule has 1 amide bonds. The Morgan fingerprint density at radius 3 is 2.07 bits per heavy atom. The molecule has 0 aromatic heterocycles. The Bertz CT molecular complexity index is 279. The number of rotatable bonds is 3. The van der Waals surface area contributed by atoms with E-state index in [0.29, 0.717) is 13.1 Å². The maximum Gasteiger partial charge on any atom is 0.307 e. The predicted octanol–water partition coefficient (Wildman–Crippen LogP) is -0.0636. The minimum absolute atomic E-state index is 0.198. The number of aliphatic hydroxyl groups is 1. The van der Waals surface area contributed by atoms with Crippen molar-refractivity contribution in [2.24, 2.45) is 11.8 Å². The standard InChI is InChI=1S/C10H17NO4/c1-6(7(2)9(13)14)8(12)11-4-10(3,15)5-11/h6-7,15H,4-5H2,1-3H3,(H,13,14). The van der Waals surface area contributed by atoms with Crippen LogP contribution in [0.2, 0.25) is 0 Å². The SMILES string of the molecule is CC(C(=O)O)C(C)C(=O)N1CC(C)(O)C1. The lowest BCUT2D eigenvalue weighted by molar-refractivity contribution is -0.161. The molecule has 1 aliphatic heterocycles. The summed E-state index contributed by atoms with van der Waals surface area (Å²) in [6, 6.07) is 0. The topological polar surface area (TPSA) is 77.8 Å². The number of carbonyl (C=O) groups excluding carboxylic acids is 1. The number of β-amino-alcohol motifs (C(OH)–C–C–N with tert-alkyl or cyclic N) is 1. The highest BCUT2D eigenvalue weighted by Crippen LogP contribution is 2.24. The summed E-state index contributed by atoms with van der Waals surface area (Å²) in [5.41, 5.74) is -0.804. The van der Waals surface area contributed by atoms with Gasteiger partial charge in [-0.2, -0.15) is 0 Å². The number of carboxylic acid groups (broad SMARTS) is 1. The van der Waals surface area contributed by atoms with Gasteiger partial charge in [0.25, 0.3) is 0 Å². The van der Waals surface area contributed by atoms with Crippen molar-refractivity contribution < 1.29 is 19.8 Å². The summed E-state index contributed by atoms with van der Waals surface area (Å²) in [5, 5.41) is 18.2. The molecule has 0 saturated carbocycles. The molecule has 1 fully saturated rings. The first-order chi connectivity index (χ1) is 6.74. The number of carboxylic acids is 1. The van der Waals surface area contributed by atoms with E-state index in [1.165, 1.54) is 11.8 Å². The van der Waals surface area contributed by atoms with E-state index in [1.54, 1.807) is 13.8 Å². The van der Waals surface area contributed by atoms with E-state index in [0.717, 1.165) is 0 Å². The Balaban J connectivity index is 2.52. The van der Waals surface area contributed by atoms with Crippen LogP contribution in [0.5, 0.6) is 0 Å². The second-order valence-electron chi connectivity index (χ2n) is 4.61. The van der Waals surface area contributed by atoms with Gasteiger partial charge in [-0.3, -0.25) is 9.59 Å². The van der Waals surface area contributed by atoms with Crippen molar-refractivity contribution in [3.63, 3.8) is 0 Å². The van der Waals surface area contributed by atoms with Gasteiger partial charge in [0.1, 0.15) is 0 Å². The zero-order chi connectivity index (χ0) is 11.8. The summed E-state index contributed by atoms with van der Waals surface area (Å²) >= 11 is 0. The molecule has 2 atom stereocenters. The van der Waals surface area contributed by atoms with Gasteiger partial charge in [-0.25, -0.2) is 0 Å². The van der Waals surface area contributed by atoms with E-state index in [2.05, 4.69) is 0 Å². The van der Waals surface area contributed by atoms with E-state index in [1.807, 2.05) is 0 Å². The monoisotopic (exact) mass is 215 g/mol. The highest BCUT2D eigenvalue weighted by molar-refractivity contribution is 5.84. The number of aliphatic carboxylic acids is 1. The Kier molecular flexibility index (Phi) is 3.04. The molecule has 1 rings (SSSR count). The zero-order valence-electron chi connectivity index (χ0n) is 9.23. The molecule has 1 heterocycles. The summed E-state index contributed by atoms with van der Waals surface area (Å²) in [6.45, 7) is 5.37. The van der Waals surface area contributed by atoms with Crippen molar-refractivity contribution in [1.82, 2.24) is 4.90 Å². The number of hydrogen-bond donors (Lipinski definition) is 2. The normalized spacial score (nSPS) is 22.8. The zero-order valence-corrected chi connectivity index (χ0v) is 9.23. The summed E-state index contributed by atoms with van der Waals surface area (Å²) in [5.74, 6) is -2.40. The van der Waals surface area contributed by atoms with Gasteiger partial charge in [-0.1, -0.05) is 13.8 Å². The summed E-state index contributed by atoms with van der Waals surface area (Å²) in [4.78, 5) is 23.9. The van der Waals surface area contributed by atoms with Crippen molar-refractivity contribution >= 4 is 11.9 Å². The largest absolute Gasteiger partial charge is 0.481 e. The molecule has 0 bridgehead atoms. The van der Waals surface area contributed by atoms with Gasteiger partial charge in [0.15, 0.2) is 0 Å². The second-order valence-corrected chi connectivity index (χ2v) is 4.61. The summed E-state index contributed by atoms with van der Waals surface area (Å²) in [6.07, 6.45) is 0. The molecule has 0 aliphatic carbocycles. The van der Waals surface area contributed by atoms with Gasteiger partial charge in [-0.15, -0.1) is 0 Å². The number of carbonyl (C=O) groups is 2. The first-order valence-corrected chi connectivity index (χ1v) is 4.98. The lowest BCUT2D eigenvalue weighted by Crippen LogP contribution is -2.63. The second kappa shape index (κ2) is 3.81. The Labute approximate surface area is 88.7 Å². The van der Waals surface area contributed by atoms with Gasteiger partial charge < -0.3 is 15.1 Å². The van der Waals surface area contributed by atoms with Crippen LogP contribution in [0, 0.1) is 11.8 Å². The van der Waals surface area contributed by atoms with Crippen LogP contribution in [0.3, 0.4) is 0 Å². The minimum Gasteiger partial charge on any atom is -0.481 e. The smallest absolute Gasteiger partial charge is 0.307 e. The van der Waals surface area contributed by atoms with Crippen molar-refractivity contribution in [3.8, 4) is 0 Å². The molecule has 2 N–H and O–H groups in total. The van der Waals surface area contributed by atoms with Crippen LogP contribution in [-0.4, -0.2) is 45.7 Å². The molecule has 1 aliphatic rings. The van der Waals surface area contributed by atoms with Crippen LogP contribution in [0.4, 0.5) is 0 Å². The summed E-state index contributed by atoms with van der Waals surface area (Å²) in [7, 11) is 0. The molecular formula is C10H17NO4. The first kappa shape index (κ1) is 12.0. The van der Waals surface area contributed by atoms with Crippen LogP contribution in [-0.2, 0) is 9.59 Å². The summed E-state index contributed by atoms with van der Waals surface area (Å²) < 4.78 is 0. The lowest BCUT2D eigenvalue weighted by Gasteiger charge is -2.45. The number of likely N-dealkylation sites (tertiary alicyclic amines) is 1. The quantitative estimate of drug-likeness (QED) is 0.691. The van der Waals surface area contributed by atoms with E-state index < -0.39 is 23.4 Å². The van der Waals surface area contributed by atoms with Crippen molar-refractivity contribution in [3.05, 3.63) is 0 Å². The van der Waals surface area contributed by atoms with E-state index in [9.17, 15) is 14.7 Å². The van der Waals surface area contributed by atoms with Crippen LogP contribution in [0.25, 0.3) is 0 Å². The van der Waals surface area contributed by atoms with Crippen molar-refractivity contribution in [2.45, 2.75) is 26.4 Å². The number of amides is 1. The lowest BCUT2D eigenvalue weighted by atomic mass is 9.90. The number of hydrogen-bond acceptors (Lipinski definition) is 3. The Morgan fingerprint density at radius 1 is 1.27 bits per heavy atom. The minimum atomic E-state index is -0.969. The maximum atomic E-state index is 11.7. The van der Waals surface area contributed by atoms with Crippen LogP contribution >= 0.6 is 0 Å². The van der Waals surface area contributed by atoms with Crippen molar-refractivity contribution in [1.29, 1.82) is 0 Å². The molecule has 0 spiro atoms. The highest BCUT2D eigenvalue weighted by atomic mass is 16.4. The third-order valence-corrected chi connectivity index (χ3v) is 2.90. The van der Waals surface area contributed by atoms with E-state index in [-0.39, 0.29) is 5.91 Å². The van der Waals surface area contributed by atoms with Crippen LogP contribution < -0.4 is 0 Å². The first-order valence-electron chi connectivity index (χ1n) is 4.98. The molecule has 5 nitrogen and oxygen atoms in total. The Morgan fingerprint density at radius 2 is 1.73 bits per heavy atom. The molecule has 0 aromatic rings. The molecule has 86 valence electrons. The molecule has 1 saturated heterocycles. The molecule has 0 radical (unpaired) electrons. The average Bonchev–Trinajstić information content (AvgIpc) is 2.10. The molecule has 0 aromatic carbocycles. The van der Waals surface area contributed by atoms with Gasteiger partial charge in [0.2, 0.25) is 5.91 Å². The van der Waals surface area contributed by atoms with Gasteiger partial charge in [-0.05, 0) is 6.92 Å². The molecule has 15 heavy (non-hydrogen) atoms. The van der Waals surface area contributed by atoms with E-state index >= 15 is 0 Å². The highest BCUT2D eigenvalue weighted by Gasteiger charge is 2.42. The van der Waals surface area contributed by atoms with Gasteiger partial charge in [0, 0.05) is 5.92 Å². The maximum absolute atomic E-state index is 11.7. The fraction of sp³-hybridized carbons (Fsp3) is 0.800. The number of nitrogens with zero attached hydrogens (tertiary/aromatic N) is 1. The molecule has 5 heteroatoms.